The van der Waals surface area contributed by atoms with Gasteiger partial charge in [-0.2, -0.15) is 5.10 Å². The quantitative estimate of drug-likeness (QED) is 0.603. The molecule has 0 atom stereocenters. The van der Waals surface area contributed by atoms with E-state index in [1.165, 1.54) is 6.20 Å². The fraction of sp³-hybridized carbons (Fsp3) is 0.231. The van der Waals surface area contributed by atoms with Crippen LogP contribution >= 0.6 is 34.2 Å². The molecule has 0 N–H and O–H groups in total. The van der Waals surface area contributed by atoms with Crippen LogP contribution in [0.4, 0.5) is 0 Å². The summed E-state index contributed by atoms with van der Waals surface area (Å²) < 4.78 is 2.76. The number of rotatable bonds is 4. The van der Waals surface area contributed by atoms with Crippen LogP contribution in [0.25, 0.3) is 0 Å². The number of carbonyl (C=O) groups is 1. The van der Waals surface area contributed by atoms with Crippen LogP contribution in [0, 0.1) is 3.57 Å². The van der Waals surface area contributed by atoms with Gasteiger partial charge in [-0.1, -0.05) is 18.5 Å². The first kappa shape index (κ1) is 13.5. The third kappa shape index (κ3) is 2.75. The maximum absolute atomic E-state index is 12.4. The highest BCUT2D eigenvalue weighted by Crippen LogP contribution is 2.20. The minimum Gasteiger partial charge on any atom is -0.287 e. The average Bonchev–Trinajstić information content (AvgIpc) is 2.71. The number of carbonyl (C=O) groups excluding carboxylic acids is 1. The second-order valence-electron chi connectivity index (χ2n) is 3.90. The minimum atomic E-state index is -0.0812. The maximum atomic E-state index is 12.4. The smallest absolute Gasteiger partial charge is 0.212 e. The lowest BCUT2D eigenvalue weighted by Gasteiger charge is -2.06. The molecule has 5 heteroatoms. The topological polar surface area (TPSA) is 34.9 Å². The van der Waals surface area contributed by atoms with Crippen molar-refractivity contribution in [2.24, 2.45) is 0 Å². The third-order valence-corrected chi connectivity index (χ3v) is 3.55. The summed E-state index contributed by atoms with van der Waals surface area (Å²) in [4.78, 5) is 12.4. The highest BCUT2D eigenvalue weighted by atomic mass is 127. The molecule has 0 saturated heterocycles. The van der Waals surface area contributed by atoms with Gasteiger partial charge in [-0.15, -0.1) is 0 Å². The predicted molar refractivity (Wildman–Crippen MR) is 80.1 cm³/mol. The molecule has 0 spiro atoms. The molecule has 0 radical (unpaired) electrons. The van der Waals surface area contributed by atoms with Crippen molar-refractivity contribution in [2.45, 2.75) is 19.9 Å². The van der Waals surface area contributed by atoms with Crippen LogP contribution < -0.4 is 0 Å². The summed E-state index contributed by atoms with van der Waals surface area (Å²) in [6, 6.07) is 7.43. The summed E-state index contributed by atoms with van der Waals surface area (Å²) in [7, 11) is 0. The van der Waals surface area contributed by atoms with E-state index in [1.54, 1.807) is 4.68 Å². The van der Waals surface area contributed by atoms with Crippen molar-refractivity contribution in [1.29, 1.82) is 0 Å². The average molecular weight is 375 g/mol. The van der Waals surface area contributed by atoms with Crippen LogP contribution in [0.1, 0.15) is 29.4 Å². The van der Waals surface area contributed by atoms with E-state index in [9.17, 15) is 4.79 Å². The van der Waals surface area contributed by atoms with Crippen molar-refractivity contribution >= 4 is 40.0 Å². The Labute approximate surface area is 124 Å². The molecular formula is C13H12ClIN2O. The number of aromatic nitrogens is 2. The van der Waals surface area contributed by atoms with E-state index in [0.29, 0.717) is 22.8 Å². The molecule has 2 rings (SSSR count). The molecule has 0 aliphatic rings. The van der Waals surface area contributed by atoms with E-state index in [4.69, 9.17) is 11.6 Å². The largest absolute Gasteiger partial charge is 0.287 e. The Bertz CT molecular complexity index is 563. The molecule has 1 heterocycles. The van der Waals surface area contributed by atoms with Crippen LogP contribution in [0.2, 0.25) is 5.02 Å². The Morgan fingerprint density at radius 1 is 1.39 bits per heavy atom. The van der Waals surface area contributed by atoms with Gasteiger partial charge in [0.05, 0.1) is 11.2 Å². The summed E-state index contributed by atoms with van der Waals surface area (Å²) in [6.07, 6.45) is 2.43. The first-order valence-corrected chi connectivity index (χ1v) is 7.10. The van der Waals surface area contributed by atoms with Crippen LogP contribution in [-0.4, -0.2) is 15.6 Å². The molecular weight excluding hydrogens is 363 g/mol. The standard InChI is InChI=1S/C13H12ClIN2O/c1-2-7-17-12(11(14)8-16-17)13(18)9-3-5-10(15)6-4-9/h3-6,8H,2,7H2,1H3. The lowest BCUT2D eigenvalue weighted by Crippen LogP contribution is -2.12. The van der Waals surface area contributed by atoms with Gasteiger partial charge in [-0.25, -0.2) is 0 Å². The lowest BCUT2D eigenvalue weighted by atomic mass is 10.1. The Kier molecular flexibility index (Phi) is 4.40. The molecule has 3 nitrogen and oxygen atoms in total. The van der Waals surface area contributed by atoms with E-state index < -0.39 is 0 Å². The number of benzene rings is 1. The van der Waals surface area contributed by atoms with Gasteiger partial charge >= 0.3 is 0 Å². The van der Waals surface area contributed by atoms with Crippen molar-refractivity contribution in [1.82, 2.24) is 9.78 Å². The van der Waals surface area contributed by atoms with Gasteiger partial charge in [-0.05, 0) is 53.3 Å². The van der Waals surface area contributed by atoms with Crippen molar-refractivity contribution in [3.05, 3.63) is 50.3 Å². The summed E-state index contributed by atoms with van der Waals surface area (Å²) in [6.45, 7) is 2.73. The molecule has 1 aromatic carbocycles. The molecule has 0 aliphatic heterocycles. The number of hydrogen-bond donors (Lipinski definition) is 0. The van der Waals surface area contributed by atoms with Crippen LogP contribution in [0.5, 0.6) is 0 Å². The highest BCUT2D eigenvalue weighted by molar-refractivity contribution is 14.1. The Morgan fingerprint density at radius 2 is 2.06 bits per heavy atom. The molecule has 2 aromatic rings. The summed E-state index contributed by atoms with van der Waals surface area (Å²) in [5, 5.41) is 4.54. The van der Waals surface area contributed by atoms with Crippen molar-refractivity contribution < 1.29 is 4.79 Å². The molecule has 0 amide bonds. The number of nitrogens with zero attached hydrogens (tertiary/aromatic N) is 2. The molecule has 94 valence electrons. The Hall–Kier alpha value is -0.880. The number of hydrogen-bond acceptors (Lipinski definition) is 2. The fourth-order valence-corrected chi connectivity index (χ4v) is 2.29. The monoisotopic (exact) mass is 374 g/mol. The Morgan fingerprint density at radius 3 is 2.67 bits per heavy atom. The van der Waals surface area contributed by atoms with Gasteiger partial charge in [0, 0.05) is 15.7 Å². The second-order valence-corrected chi connectivity index (χ2v) is 5.55. The van der Waals surface area contributed by atoms with Gasteiger partial charge in [0.1, 0.15) is 5.69 Å². The molecule has 0 saturated carbocycles. The fourth-order valence-electron chi connectivity index (χ4n) is 1.71. The third-order valence-electron chi connectivity index (χ3n) is 2.55. The van der Waals surface area contributed by atoms with Crippen molar-refractivity contribution in [2.75, 3.05) is 0 Å². The first-order chi connectivity index (χ1) is 8.63. The minimum absolute atomic E-state index is 0.0812. The zero-order valence-corrected chi connectivity index (χ0v) is 12.8. The highest BCUT2D eigenvalue weighted by Gasteiger charge is 2.18. The van der Waals surface area contributed by atoms with Gasteiger partial charge in [0.25, 0.3) is 0 Å². The van der Waals surface area contributed by atoms with Gasteiger partial charge in [0.15, 0.2) is 0 Å². The zero-order valence-electron chi connectivity index (χ0n) is 9.86. The van der Waals surface area contributed by atoms with E-state index >= 15 is 0 Å². The van der Waals surface area contributed by atoms with Crippen molar-refractivity contribution in [3.63, 3.8) is 0 Å². The van der Waals surface area contributed by atoms with Crippen LogP contribution in [0.15, 0.2) is 30.5 Å². The molecule has 18 heavy (non-hydrogen) atoms. The molecule has 0 unspecified atom stereocenters. The summed E-state index contributed by atoms with van der Waals surface area (Å²) >= 11 is 8.26. The van der Waals surface area contributed by atoms with Crippen LogP contribution in [-0.2, 0) is 6.54 Å². The van der Waals surface area contributed by atoms with Crippen molar-refractivity contribution in [3.8, 4) is 0 Å². The van der Waals surface area contributed by atoms with E-state index in [1.807, 2.05) is 31.2 Å². The van der Waals surface area contributed by atoms with E-state index in [0.717, 1.165) is 9.99 Å². The zero-order chi connectivity index (χ0) is 13.1. The molecule has 0 aliphatic carbocycles. The first-order valence-electron chi connectivity index (χ1n) is 5.65. The van der Waals surface area contributed by atoms with Gasteiger partial charge < -0.3 is 0 Å². The second kappa shape index (κ2) is 5.84. The normalized spacial score (nSPS) is 10.6. The number of halogens is 2. The molecule has 0 bridgehead atoms. The maximum Gasteiger partial charge on any atom is 0.212 e. The van der Waals surface area contributed by atoms with Gasteiger partial charge in [-0.3, -0.25) is 9.48 Å². The van der Waals surface area contributed by atoms with E-state index in [-0.39, 0.29) is 5.78 Å². The summed E-state index contributed by atoms with van der Waals surface area (Å²) in [5.74, 6) is -0.0812. The van der Waals surface area contributed by atoms with Crippen LogP contribution in [0.3, 0.4) is 0 Å². The SMILES string of the molecule is CCCn1ncc(Cl)c1C(=O)c1ccc(I)cc1. The predicted octanol–water partition coefficient (Wildman–Crippen LogP) is 3.78. The molecule has 1 aromatic heterocycles. The summed E-state index contributed by atoms with van der Waals surface area (Å²) in [5.41, 5.74) is 1.11. The number of aryl methyl sites for hydroxylation is 1. The lowest BCUT2D eigenvalue weighted by molar-refractivity contribution is 0.102. The number of ketones is 1. The molecule has 0 fully saturated rings. The van der Waals surface area contributed by atoms with Gasteiger partial charge in [0.2, 0.25) is 5.78 Å². The van der Waals surface area contributed by atoms with E-state index in [2.05, 4.69) is 27.7 Å². The Balaban J connectivity index is 2.39.